The molecule has 1 aromatic rings. The van der Waals surface area contributed by atoms with Gasteiger partial charge in [0, 0.05) is 19.6 Å². The molecule has 0 saturated carbocycles. The number of rotatable bonds is 6. The Morgan fingerprint density at radius 1 is 1.29 bits per heavy atom. The van der Waals surface area contributed by atoms with Crippen molar-refractivity contribution in [1.29, 1.82) is 0 Å². The molecule has 1 aromatic carbocycles. The number of sulfonamides is 1. The van der Waals surface area contributed by atoms with Gasteiger partial charge in [-0.25, -0.2) is 8.42 Å². The highest BCUT2D eigenvalue weighted by Gasteiger charge is 2.22. The molecule has 0 bridgehead atoms. The van der Waals surface area contributed by atoms with Crippen LogP contribution in [-0.4, -0.2) is 25.8 Å². The number of nitrogens with two attached hydrogens (primary N) is 1. The molecule has 0 aliphatic heterocycles. The molecular weight excluding hydrogens is 236 g/mol. The highest BCUT2D eigenvalue weighted by Crippen LogP contribution is 2.17. The summed E-state index contributed by atoms with van der Waals surface area (Å²) in [5.74, 6) is 0. The molecule has 0 aliphatic carbocycles. The Labute approximate surface area is 103 Å². The normalized spacial score (nSPS) is 12.0. The van der Waals surface area contributed by atoms with Gasteiger partial charge in [-0.3, -0.25) is 0 Å². The van der Waals surface area contributed by atoms with Crippen molar-refractivity contribution in [3.8, 4) is 0 Å². The average molecular weight is 256 g/mol. The summed E-state index contributed by atoms with van der Waals surface area (Å²) in [6.45, 7) is 5.20. The minimum absolute atomic E-state index is 0.329. The summed E-state index contributed by atoms with van der Waals surface area (Å²) in [6.07, 6.45) is 0.809. The maximum atomic E-state index is 12.3. The van der Waals surface area contributed by atoms with E-state index in [1.54, 1.807) is 18.2 Å². The van der Waals surface area contributed by atoms with Gasteiger partial charge in [-0.2, -0.15) is 4.31 Å². The van der Waals surface area contributed by atoms with Crippen molar-refractivity contribution in [2.45, 2.75) is 31.7 Å². The van der Waals surface area contributed by atoms with Crippen LogP contribution in [-0.2, 0) is 16.6 Å². The van der Waals surface area contributed by atoms with Gasteiger partial charge < -0.3 is 5.73 Å². The van der Waals surface area contributed by atoms with Crippen LogP contribution in [0.1, 0.15) is 25.8 Å². The average Bonchev–Trinajstić information content (AvgIpc) is 2.35. The first-order chi connectivity index (χ1) is 8.06. The van der Waals surface area contributed by atoms with Gasteiger partial charge in [0.2, 0.25) is 10.0 Å². The molecule has 0 saturated heterocycles. The van der Waals surface area contributed by atoms with E-state index in [9.17, 15) is 8.42 Å². The van der Waals surface area contributed by atoms with Crippen molar-refractivity contribution in [3.05, 3.63) is 29.8 Å². The molecule has 0 atom stereocenters. The first-order valence-corrected chi connectivity index (χ1v) is 7.29. The highest BCUT2D eigenvalue weighted by atomic mass is 32.2. The predicted octanol–water partition coefficient (Wildman–Crippen LogP) is 1.57. The van der Waals surface area contributed by atoms with E-state index in [0.717, 1.165) is 12.0 Å². The first kappa shape index (κ1) is 14.2. The van der Waals surface area contributed by atoms with E-state index < -0.39 is 10.0 Å². The van der Waals surface area contributed by atoms with Crippen LogP contribution in [0.25, 0.3) is 0 Å². The molecular formula is C12H20N2O2S. The van der Waals surface area contributed by atoms with Crippen LogP contribution in [0.3, 0.4) is 0 Å². The number of nitrogens with zero attached hydrogens (tertiary/aromatic N) is 1. The van der Waals surface area contributed by atoms with Crippen LogP contribution in [0.15, 0.2) is 29.2 Å². The van der Waals surface area contributed by atoms with Crippen LogP contribution in [0.5, 0.6) is 0 Å². The van der Waals surface area contributed by atoms with E-state index in [0.29, 0.717) is 24.5 Å². The topological polar surface area (TPSA) is 63.4 Å². The van der Waals surface area contributed by atoms with E-state index in [-0.39, 0.29) is 0 Å². The Balaban J connectivity index is 3.10. The van der Waals surface area contributed by atoms with Crippen molar-refractivity contribution in [2.75, 3.05) is 13.1 Å². The van der Waals surface area contributed by atoms with Gasteiger partial charge in [0.25, 0.3) is 0 Å². The lowest BCUT2D eigenvalue weighted by molar-refractivity contribution is 0.427. The van der Waals surface area contributed by atoms with Gasteiger partial charge in [0.05, 0.1) is 4.90 Å². The zero-order chi connectivity index (χ0) is 12.9. The third-order valence-corrected chi connectivity index (χ3v) is 4.57. The SMILES string of the molecule is CCCN(CC)S(=O)(=O)c1cccc(CN)c1. The maximum Gasteiger partial charge on any atom is 0.243 e. The Morgan fingerprint density at radius 2 is 2.00 bits per heavy atom. The van der Waals surface area contributed by atoms with E-state index >= 15 is 0 Å². The Kier molecular flexibility index (Phi) is 5.11. The van der Waals surface area contributed by atoms with Crippen LogP contribution >= 0.6 is 0 Å². The van der Waals surface area contributed by atoms with Crippen LogP contribution in [0.2, 0.25) is 0 Å². The Bertz CT molecular complexity index is 457. The number of benzene rings is 1. The fourth-order valence-electron chi connectivity index (χ4n) is 1.68. The van der Waals surface area contributed by atoms with E-state index in [4.69, 9.17) is 5.73 Å². The fourth-order valence-corrected chi connectivity index (χ4v) is 3.29. The zero-order valence-corrected chi connectivity index (χ0v) is 11.2. The Hall–Kier alpha value is -0.910. The molecule has 0 spiro atoms. The quantitative estimate of drug-likeness (QED) is 0.840. The van der Waals surface area contributed by atoms with Gasteiger partial charge >= 0.3 is 0 Å². The van der Waals surface area contributed by atoms with Gasteiger partial charge in [-0.1, -0.05) is 26.0 Å². The third-order valence-electron chi connectivity index (χ3n) is 2.60. The summed E-state index contributed by atoms with van der Waals surface area (Å²) in [6, 6.07) is 6.82. The molecule has 0 aromatic heterocycles. The van der Waals surface area contributed by atoms with Crippen LogP contribution in [0.4, 0.5) is 0 Å². The summed E-state index contributed by atoms with van der Waals surface area (Å²) < 4.78 is 26.1. The van der Waals surface area contributed by atoms with Crippen molar-refractivity contribution < 1.29 is 8.42 Å². The molecule has 4 nitrogen and oxygen atoms in total. The molecule has 0 radical (unpaired) electrons. The molecule has 17 heavy (non-hydrogen) atoms. The van der Waals surface area contributed by atoms with E-state index in [1.165, 1.54) is 4.31 Å². The van der Waals surface area contributed by atoms with E-state index in [1.807, 2.05) is 19.9 Å². The summed E-state index contributed by atoms with van der Waals surface area (Å²) in [7, 11) is -3.37. The number of hydrogen-bond donors (Lipinski definition) is 1. The lowest BCUT2D eigenvalue weighted by atomic mass is 10.2. The lowest BCUT2D eigenvalue weighted by Gasteiger charge is -2.20. The summed E-state index contributed by atoms with van der Waals surface area (Å²) in [5, 5.41) is 0. The summed E-state index contributed by atoms with van der Waals surface area (Å²) >= 11 is 0. The molecule has 0 amide bonds. The molecule has 1 rings (SSSR count). The fraction of sp³-hybridized carbons (Fsp3) is 0.500. The van der Waals surface area contributed by atoms with Crippen molar-refractivity contribution in [3.63, 3.8) is 0 Å². The van der Waals surface area contributed by atoms with Gasteiger partial charge in [0.15, 0.2) is 0 Å². The first-order valence-electron chi connectivity index (χ1n) is 5.85. The van der Waals surface area contributed by atoms with Crippen molar-refractivity contribution in [1.82, 2.24) is 4.31 Å². The minimum Gasteiger partial charge on any atom is -0.326 e. The van der Waals surface area contributed by atoms with E-state index in [2.05, 4.69) is 0 Å². The van der Waals surface area contributed by atoms with Gasteiger partial charge in [-0.05, 0) is 24.1 Å². The second-order valence-corrected chi connectivity index (χ2v) is 5.79. The Morgan fingerprint density at radius 3 is 2.53 bits per heavy atom. The molecule has 5 heteroatoms. The molecule has 0 heterocycles. The second-order valence-electron chi connectivity index (χ2n) is 3.85. The standard InChI is InChI=1S/C12H20N2O2S/c1-3-8-14(4-2)17(15,16)12-7-5-6-11(9-12)10-13/h5-7,9H,3-4,8,10,13H2,1-2H3. The maximum absolute atomic E-state index is 12.3. The lowest BCUT2D eigenvalue weighted by Crippen LogP contribution is -2.31. The largest absolute Gasteiger partial charge is 0.326 e. The molecule has 96 valence electrons. The third kappa shape index (κ3) is 3.28. The zero-order valence-electron chi connectivity index (χ0n) is 10.4. The van der Waals surface area contributed by atoms with Gasteiger partial charge in [-0.15, -0.1) is 0 Å². The molecule has 0 aliphatic rings. The molecule has 0 fully saturated rings. The molecule has 0 unspecified atom stereocenters. The highest BCUT2D eigenvalue weighted by molar-refractivity contribution is 7.89. The summed E-state index contributed by atoms with van der Waals surface area (Å²) in [4.78, 5) is 0.329. The van der Waals surface area contributed by atoms with Crippen LogP contribution in [0, 0.1) is 0 Å². The van der Waals surface area contributed by atoms with Crippen molar-refractivity contribution >= 4 is 10.0 Å². The molecule has 2 N–H and O–H groups in total. The predicted molar refractivity (Wildman–Crippen MR) is 69.1 cm³/mol. The van der Waals surface area contributed by atoms with Crippen LogP contribution < -0.4 is 5.73 Å². The van der Waals surface area contributed by atoms with Gasteiger partial charge in [0.1, 0.15) is 0 Å². The summed E-state index contributed by atoms with van der Waals surface area (Å²) in [5.41, 5.74) is 6.35. The van der Waals surface area contributed by atoms with Crippen molar-refractivity contribution in [2.24, 2.45) is 5.73 Å². The monoisotopic (exact) mass is 256 g/mol. The minimum atomic E-state index is -3.37. The second kappa shape index (κ2) is 6.14. The number of hydrogen-bond acceptors (Lipinski definition) is 3. The smallest absolute Gasteiger partial charge is 0.243 e.